The maximum absolute atomic E-state index is 10.8. The molecule has 19 heavy (non-hydrogen) atoms. The van der Waals surface area contributed by atoms with Crippen LogP contribution in [-0.2, 0) is 0 Å². The first-order chi connectivity index (χ1) is 9.13. The Hall–Kier alpha value is -2.90. The van der Waals surface area contributed by atoms with Gasteiger partial charge >= 0.3 is 0 Å². The third-order valence-corrected chi connectivity index (χ3v) is 2.35. The van der Waals surface area contributed by atoms with Gasteiger partial charge in [-0.05, 0) is 17.3 Å². The van der Waals surface area contributed by atoms with Crippen molar-refractivity contribution >= 4 is 29.0 Å². The molecule has 0 saturated carbocycles. The highest BCUT2D eigenvalue weighted by Gasteiger charge is 2.12. The van der Waals surface area contributed by atoms with Crippen molar-refractivity contribution in [3.8, 4) is 5.75 Å². The third-order valence-electron chi connectivity index (χ3n) is 2.35. The lowest BCUT2D eigenvalue weighted by molar-refractivity contribution is 0.415. The first-order valence-corrected chi connectivity index (χ1v) is 5.31. The van der Waals surface area contributed by atoms with Gasteiger partial charge in [0.15, 0.2) is 17.3 Å². The quantitative estimate of drug-likeness (QED) is 0.714. The van der Waals surface area contributed by atoms with Crippen molar-refractivity contribution in [3.05, 3.63) is 29.2 Å². The number of hydrogen-bond acceptors (Lipinski definition) is 8. The van der Waals surface area contributed by atoms with Crippen LogP contribution in [0.1, 0.15) is 0 Å². The monoisotopic (exact) mass is 260 g/mol. The number of nitroso groups, excluding NO2 is 1. The highest BCUT2D eigenvalue weighted by atomic mass is 16.5. The summed E-state index contributed by atoms with van der Waals surface area (Å²) in [4.78, 5) is 18.3. The summed E-state index contributed by atoms with van der Waals surface area (Å²) in [5, 5.41) is 5.70. The summed E-state index contributed by atoms with van der Waals surface area (Å²) >= 11 is 0. The van der Waals surface area contributed by atoms with Crippen molar-refractivity contribution in [2.45, 2.75) is 0 Å². The Bertz CT molecular complexity index is 616. The van der Waals surface area contributed by atoms with Crippen LogP contribution in [0.25, 0.3) is 0 Å². The van der Waals surface area contributed by atoms with Gasteiger partial charge < -0.3 is 21.5 Å². The van der Waals surface area contributed by atoms with Crippen LogP contribution in [0.4, 0.5) is 29.0 Å². The molecule has 1 aromatic carbocycles. The van der Waals surface area contributed by atoms with Gasteiger partial charge in [-0.1, -0.05) is 6.07 Å². The van der Waals surface area contributed by atoms with Gasteiger partial charge in [0.1, 0.15) is 5.75 Å². The lowest BCUT2D eigenvalue weighted by atomic mass is 10.3. The highest BCUT2D eigenvalue weighted by Crippen LogP contribution is 2.31. The number of benzene rings is 1. The van der Waals surface area contributed by atoms with Gasteiger partial charge in [-0.25, -0.2) is 0 Å². The summed E-state index contributed by atoms with van der Waals surface area (Å²) in [6, 6.07) is 7.06. The van der Waals surface area contributed by atoms with E-state index in [9.17, 15) is 4.91 Å². The van der Waals surface area contributed by atoms with E-state index in [1.807, 2.05) is 0 Å². The number of methoxy groups -OCH3 is 1. The van der Waals surface area contributed by atoms with Crippen molar-refractivity contribution < 1.29 is 4.74 Å². The number of rotatable bonds is 4. The standard InChI is InChI=1S/C11H12N6O2/c1-19-7-4-2-3-6(5-7)14-10-8(17-18)9(12)15-11(13)16-10/h2-5H,1H3,(H5,12,13,14,15,16). The Labute approximate surface area is 108 Å². The molecule has 0 atom stereocenters. The number of aromatic nitrogens is 2. The predicted octanol–water partition coefficient (Wildman–Crippen LogP) is 1.79. The molecule has 8 heteroatoms. The second-order valence-electron chi connectivity index (χ2n) is 3.61. The molecule has 0 spiro atoms. The Kier molecular flexibility index (Phi) is 3.42. The van der Waals surface area contributed by atoms with Gasteiger partial charge in [-0.15, -0.1) is 4.91 Å². The maximum atomic E-state index is 10.8. The van der Waals surface area contributed by atoms with Crippen LogP contribution in [0, 0.1) is 4.91 Å². The summed E-state index contributed by atoms with van der Waals surface area (Å²) in [7, 11) is 1.55. The van der Waals surface area contributed by atoms with Crippen LogP contribution in [-0.4, -0.2) is 17.1 Å². The van der Waals surface area contributed by atoms with Crippen molar-refractivity contribution in [3.63, 3.8) is 0 Å². The number of ether oxygens (including phenoxy) is 1. The molecule has 0 aliphatic heterocycles. The zero-order valence-electron chi connectivity index (χ0n) is 10.1. The summed E-state index contributed by atoms with van der Waals surface area (Å²) in [5.74, 6) is 0.678. The molecule has 2 rings (SSSR count). The molecule has 0 amide bonds. The van der Waals surface area contributed by atoms with E-state index in [1.165, 1.54) is 0 Å². The van der Waals surface area contributed by atoms with Crippen LogP contribution < -0.4 is 21.5 Å². The van der Waals surface area contributed by atoms with E-state index in [4.69, 9.17) is 16.2 Å². The number of nitrogens with one attached hydrogen (secondary N) is 1. The Morgan fingerprint density at radius 1 is 1.32 bits per heavy atom. The molecule has 0 fully saturated rings. The first-order valence-electron chi connectivity index (χ1n) is 5.31. The van der Waals surface area contributed by atoms with Crippen LogP contribution in [0.3, 0.4) is 0 Å². The van der Waals surface area contributed by atoms with E-state index in [0.717, 1.165) is 0 Å². The summed E-state index contributed by atoms with van der Waals surface area (Å²) in [6.45, 7) is 0. The smallest absolute Gasteiger partial charge is 0.224 e. The van der Waals surface area contributed by atoms with Crippen LogP contribution in [0.2, 0.25) is 0 Å². The maximum Gasteiger partial charge on any atom is 0.224 e. The first kappa shape index (κ1) is 12.6. The average molecular weight is 260 g/mol. The minimum absolute atomic E-state index is 0.0460. The zero-order valence-corrected chi connectivity index (χ0v) is 10.1. The van der Waals surface area contributed by atoms with E-state index in [0.29, 0.717) is 11.4 Å². The molecular weight excluding hydrogens is 248 g/mol. The van der Waals surface area contributed by atoms with Gasteiger partial charge in [-0.2, -0.15) is 9.97 Å². The molecule has 5 N–H and O–H groups in total. The van der Waals surface area contributed by atoms with Gasteiger partial charge in [0, 0.05) is 11.8 Å². The Morgan fingerprint density at radius 3 is 2.79 bits per heavy atom. The normalized spacial score (nSPS) is 9.95. The molecule has 2 aromatic rings. The second kappa shape index (κ2) is 5.17. The van der Waals surface area contributed by atoms with Crippen molar-refractivity contribution in [2.24, 2.45) is 5.18 Å². The molecule has 0 saturated heterocycles. The minimum atomic E-state index is -0.0861. The fraction of sp³-hybridized carbons (Fsp3) is 0.0909. The fourth-order valence-corrected chi connectivity index (χ4v) is 1.50. The zero-order chi connectivity index (χ0) is 13.8. The molecule has 1 heterocycles. The highest BCUT2D eigenvalue weighted by molar-refractivity contribution is 5.77. The van der Waals surface area contributed by atoms with Gasteiger partial charge in [0.2, 0.25) is 5.95 Å². The second-order valence-corrected chi connectivity index (χ2v) is 3.61. The van der Waals surface area contributed by atoms with Crippen molar-refractivity contribution in [1.29, 1.82) is 0 Å². The molecular formula is C11H12N6O2. The molecule has 0 aliphatic carbocycles. The van der Waals surface area contributed by atoms with E-state index >= 15 is 0 Å². The molecule has 0 bridgehead atoms. The minimum Gasteiger partial charge on any atom is -0.497 e. The lowest BCUT2D eigenvalue weighted by Gasteiger charge is -2.09. The SMILES string of the molecule is COc1cccc(Nc2nc(N)nc(N)c2N=O)c1. The van der Waals surface area contributed by atoms with Gasteiger partial charge in [-0.3, -0.25) is 0 Å². The summed E-state index contributed by atoms with van der Waals surface area (Å²) in [6.07, 6.45) is 0. The molecule has 8 nitrogen and oxygen atoms in total. The Balaban J connectivity index is 2.39. The topological polar surface area (TPSA) is 129 Å². The molecule has 0 unspecified atom stereocenters. The van der Waals surface area contributed by atoms with Crippen molar-refractivity contribution in [1.82, 2.24) is 9.97 Å². The van der Waals surface area contributed by atoms with E-state index in [1.54, 1.807) is 31.4 Å². The molecule has 0 aliphatic rings. The molecule has 0 radical (unpaired) electrons. The van der Waals surface area contributed by atoms with Crippen LogP contribution >= 0.6 is 0 Å². The Morgan fingerprint density at radius 2 is 2.11 bits per heavy atom. The lowest BCUT2D eigenvalue weighted by Crippen LogP contribution is -2.04. The van der Waals surface area contributed by atoms with Crippen LogP contribution in [0.15, 0.2) is 29.4 Å². The number of hydrogen-bond donors (Lipinski definition) is 3. The summed E-state index contributed by atoms with van der Waals surface area (Å²) in [5.41, 5.74) is 11.6. The van der Waals surface area contributed by atoms with E-state index in [-0.39, 0.29) is 23.3 Å². The van der Waals surface area contributed by atoms with Crippen LogP contribution in [0.5, 0.6) is 5.75 Å². The predicted molar refractivity (Wildman–Crippen MR) is 72.6 cm³/mol. The van der Waals surface area contributed by atoms with E-state index < -0.39 is 0 Å². The summed E-state index contributed by atoms with van der Waals surface area (Å²) < 4.78 is 5.09. The molecule has 98 valence electrons. The number of anilines is 4. The largest absolute Gasteiger partial charge is 0.497 e. The third kappa shape index (κ3) is 2.68. The fourth-order valence-electron chi connectivity index (χ4n) is 1.50. The number of nitrogen functional groups attached to an aromatic ring is 2. The number of nitrogens with two attached hydrogens (primary N) is 2. The van der Waals surface area contributed by atoms with E-state index in [2.05, 4.69) is 20.5 Å². The molecule has 1 aromatic heterocycles. The van der Waals surface area contributed by atoms with Gasteiger partial charge in [0.05, 0.1) is 7.11 Å². The average Bonchev–Trinajstić information content (AvgIpc) is 2.38. The van der Waals surface area contributed by atoms with Gasteiger partial charge in [0.25, 0.3) is 0 Å². The van der Waals surface area contributed by atoms with Crippen molar-refractivity contribution in [2.75, 3.05) is 23.9 Å². The number of nitrogens with zero attached hydrogens (tertiary/aromatic N) is 3.